The van der Waals surface area contributed by atoms with E-state index in [9.17, 15) is 14.4 Å². The van der Waals surface area contributed by atoms with Gasteiger partial charge in [-0.15, -0.1) is 0 Å². The third-order valence-corrected chi connectivity index (χ3v) is 4.87. The topological polar surface area (TPSA) is 78.9 Å². The van der Waals surface area contributed by atoms with Crippen LogP contribution in [-0.2, 0) is 28.6 Å². The lowest BCUT2D eigenvalue weighted by Gasteiger charge is -2.30. The van der Waals surface area contributed by atoms with Crippen LogP contribution < -0.4 is 0 Å². The molecule has 0 aromatic carbocycles. The summed E-state index contributed by atoms with van der Waals surface area (Å²) in [5.41, 5.74) is 1.61. The maximum Gasteiger partial charge on any atom is 0.309 e. The maximum absolute atomic E-state index is 12.0. The molecule has 1 fully saturated rings. The Labute approximate surface area is 148 Å². The number of rotatable bonds is 2. The minimum atomic E-state index is -0.627. The Balaban J connectivity index is 2.36. The average Bonchev–Trinajstić information content (AvgIpc) is 2.76. The van der Waals surface area contributed by atoms with Crippen LogP contribution in [0.15, 0.2) is 23.8 Å². The van der Waals surface area contributed by atoms with Gasteiger partial charge >= 0.3 is 17.9 Å². The molecule has 0 bridgehead atoms. The third kappa shape index (κ3) is 4.71. The van der Waals surface area contributed by atoms with E-state index in [1.807, 2.05) is 19.9 Å². The molecule has 6 nitrogen and oxygen atoms in total. The number of ether oxygens (including phenoxy) is 3. The van der Waals surface area contributed by atoms with E-state index in [1.54, 1.807) is 0 Å². The Bertz CT molecular complexity index is 605. The first-order chi connectivity index (χ1) is 11.7. The Kier molecular flexibility index (Phi) is 6.03. The summed E-state index contributed by atoms with van der Waals surface area (Å²) in [6.45, 7) is 10.5. The van der Waals surface area contributed by atoms with Crippen molar-refractivity contribution in [2.75, 3.05) is 0 Å². The van der Waals surface area contributed by atoms with E-state index in [2.05, 4.69) is 6.58 Å². The molecule has 0 N–H and O–H groups in total. The SMILES string of the molecule is C=C1C(OC(C)=O)CCC(C)=CC2OC(=O)C(C)C2CC1OC(C)=O. The van der Waals surface area contributed by atoms with Crippen LogP contribution >= 0.6 is 0 Å². The monoisotopic (exact) mass is 350 g/mol. The van der Waals surface area contributed by atoms with Crippen molar-refractivity contribution in [3.8, 4) is 0 Å². The molecule has 1 saturated heterocycles. The number of hydrogen-bond acceptors (Lipinski definition) is 6. The Morgan fingerprint density at radius 1 is 1.20 bits per heavy atom. The number of carbonyl (C=O) groups is 3. The van der Waals surface area contributed by atoms with Gasteiger partial charge in [0.15, 0.2) is 0 Å². The molecule has 0 saturated carbocycles. The second-order valence-corrected chi connectivity index (χ2v) is 6.91. The van der Waals surface area contributed by atoms with Gasteiger partial charge in [0.25, 0.3) is 0 Å². The van der Waals surface area contributed by atoms with Crippen molar-refractivity contribution in [3.63, 3.8) is 0 Å². The molecule has 5 atom stereocenters. The molecule has 0 spiro atoms. The van der Waals surface area contributed by atoms with Gasteiger partial charge in [0, 0.05) is 25.3 Å². The Morgan fingerprint density at radius 2 is 1.80 bits per heavy atom. The highest BCUT2D eigenvalue weighted by atomic mass is 16.6. The van der Waals surface area contributed by atoms with Gasteiger partial charge in [-0.05, 0) is 32.3 Å². The summed E-state index contributed by atoms with van der Waals surface area (Å²) in [6.07, 6.45) is 2.07. The maximum atomic E-state index is 12.0. The summed E-state index contributed by atoms with van der Waals surface area (Å²) in [5.74, 6) is -1.52. The quantitative estimate of drug-likeness (QED) is 0.433. The summed E-state index contributed by atoms with van der Waals surface area (Å²) >= 11 is 0. The van der Waals surface area contributed by atoms with Crippen LogP contribution in [-0.4, -0.2) is 36.2 Å². The summed E-state index contributed by atoms with van der Waals surface area (Å²) in [6, 6.07) is 0. The van der Waals surface area contributed by atoms with Crippen molar-refractivity contribution in [1.82, 2.24) is 0 Å². The predicted octanol–water partition coefficient (Wildman–Crippen LogP) is 2.71. The molecule has 1 heterocycles. The molecule has 0 aromatic heterocycles. The van der Waals surface area contributed by atoms with Crippen LogP contribution in [0.3, 0.4) is 0 Å². The molecule has 1 aliphatic heterocycles. The normalized spacial score (nSPS) is 33.0. The van der Waals surface area contributed by atoms with Crippen molar-refractivity contribution in [3.05, 3.63) is 23.8 Å². The molecule has 2 aliphatic rings. The first-order valence-electron chi connectivity index (χ1n) is 8.60. The molecule has 0 amide bonds. The lowest BCUT2D eigenvalue weighted by atomic mass is 9.82. The highest BCUT2D eigenvalue weighted by Gasteiger charge is 2.43. The fourth-order valence-electron chi connectivity index (χ4n) is 3.46. The molecule has 5 unspecified atom stereocenters. The van der Waals surface area contributed by atoms with E-state index in [4.69, 9.17) is 14.2 Å². The van der Waals surface area contributed by atoms with Crippen LogP contribution in [0.4, 0.5) is 0 Å². The molecular weight excluding hydrogens is 324 g/mol. The van der Waals surface area contributed by atoms with Crippen molar-refractivity contribution in [2.24, 2.45) is 11.8 Å². The van der Waals surface area contributed by atoms with Crippen molar-refractivity contribution < 1.29 is 28.6 Å². The Hall–Kier alpha value is -2.11. The lowest BCUT2D eigenvalue weighted by molar-refractivity contribution is -0.149. The highest BCUT2D eigenvalue weighted by molar-refractivity contribution is 5.75. The van der Waals surface area contributed by atoms with E-state index in [0.717, 1.165) is 5.57 Å². The van der Waals surface area contributed by atoms with Gasteiger partial charge in [-0.2, -0.15) is 0 Å². The van der Waals surface area contributed by atoms with Crippen LogP contribution in [0.5, 0.6) is 0 Å². The molecule has 138 valence electrons. The zero-order valence-corrected chi connectivity index (χ0v) is 15.2. The van der Waals surface area contributed by atoms with Gasteiger partial charge in [-0.3, -0.25) is 14.4 Å². The smallest absolute Gasteiger partial charge is 0.309 e. The fourth-order valence-corrected chi connectivity index (χ4v) is 3.46. The minimum absolute atomic E-state index is 0.125. The van der Waals surface area contributed by atoms with Crippen LogP contribution in [0, 0.1) is 11.8 Å². The van der Waals surface area contributed by atoms with E-state index >= 15 is 0 Å². The van der Waals surface area contributed by atoms with Gasteiger partial charge in [-0.1, -0.05) is 19.1 Å². The van der Waals surface area contributed by atoms with Crippen LogP contribution in [0.25, 0.3) is 0 Å². The van der Waals surface area contributed by atoms with E-state index < -0.39 is 24.1 Å². The molecule has 6 heteroatoms. The number of fused-ring (bicyclic) bond motifs is 1. The zero-order valence-electron chi connectivity index (χ0n) is 15.2. The van der Waals surface area contributed by atoms with Gasteiger partial charge < -0.3 is 14.2 Å². The summed E-state index contributed by atoms with van der Waals surface area (Å²) in [4.78, 5) is 35.0. The van der Waals surface area contributed by atoms with E-state index in [1.165, 1.54) is 13.8 Å². The summed E-state index contributed by atoms with van der Waals surface area (Å²) in [7, 11) is 0. The van der Waals surface area contributed by atoms with E-state index in [-0.39, 0.29) is 23.9 Å². The largest absolute Gasteiger partial charge is 0.458 e. The molecule has 0 aromatic rings. The summed E-state index contributed by atoms with van der Waals surface area (Å²) < 4.78 is 16.3. The number of carbonyl (C=O) groups excluding carboxylic acids is 3. The van der Waals surface area contributed by atoms with Gasteiger partial charge in [0.05, 0.1) is 5.92 Å². The predicted molar refractivity (Wildman–Crippen MR) is 90.4 cm³/mol. The first-order valence-corrected chi connectivity index (χ1v) is 8.60. The lowest BCUT2D eigenvalue weighted by Crippen LogP contribution is -2.34. The first kappa shape index (κ1) is 19.2. The van der Waals surface area contributed by atoms with Crippen molar-refractivity contribution in [2.45, 2.75) is 65.3 Å². The molecule has 0 radical (unpaired) electrons. The number of esters is 3. The Morgan fingerprint density at radius 3 is 2.40 bits per heavy atom. The van der Waals surface area contributed by atoms with Gasteiger partial charge in [-0.25, -0.2) is 0 Å². The van der Waals surface area contributed by atoms with Crippen LogP contribution in [0.1, 0.15) is 47.0 Å². The third-order valence-electron chi connectivity index (χ3n) is 4.87. The molecular formula is C19H26O6. The van der Waals surface area contributed by atoms with Crippen molar-refractivity contribution >= 4 is 17.9 Å². The average molecular weight is 350 g/mol. The second kappa shape index (κ2) is 7.85. The van der Waals surface area contributed by atoms with Crippen LogP contribution in [0.2, 0.25) is 0 Å². The summed E-state index contributed by atoms with van der Waals surface area (Å²) in [5, 5.41) is 0. The minimum Gasteiger partial charge on any atom is -0.458 e. The number of hydrogen-bond donors (Lipinski definition) is 0. The fraction of sp³-hybridized carbons (Fsp3) is 0.632. The zero-order chi connectivity index (χ0) is 18.7. The number of allylic oxidation sites excluding steroid dienone is 1. The standard InChI is InChI=1S/C19H26O6/c1-10-6-7-16(23-13(4)20)12(3)17(24-14(5)21)9-15-11(2)19(22)25-18(15)8-10/h8,11,15-18H,3,6-7,9H2,1-2,4-5H3. The van der Waals surface area contributed by atoms with Gasteiger partial charge in [0.1, 0.15) is 18.3 Å². The second-order valence-electron chi connectivity index (χ2n) is 6.91. The van der Waals surface area contributed by atoms with Gasteiger partial charge in [0.2, 0.25) is 0 Å². The van der Waals surface area contributed by atoms with Crippen molar-refractivity contribution in [1.29, 1.82) is 0 Å². The van der Waals surface area contributed by atoms with E-state index in [0.29, 0.717) is 24.8 Å². The molecule has 2 rings (SSSR count). The molecule has 1 aliphatic carbocycles. The molecule has 25 heavy (non-hydrogen) atoms. The highest BCUT2D eigenvalue weighted by Crippen LogP contribution is 2.37.